The van der Waals surface area contributed by atoms with Gasteiger partial charge in [-0.15, -0.1) is 5.10 Å². The van der Waals surface area contributed by atoms with E-state index in [1.165, 1.54) is 16.8 Å². The Morgan fingerprint density at radius 1 is 1.10 bits per heavy atom. The van der Waals surface area contributed by atoms with Crippen LogP contribution >= 0.6 is 0 Å². The number of carbonyl (C=O) groups excluding carboxylic acids is 1. The molecule has 0 atom stereocenters. The molecule has 158 valence electrons. The molecule has 0 aliphatic rings. The summed E-state index contributed by atoms with van der Waals surface area (Å²) >= 11 is 0. The van der Waals surface area contributed by atoms with Gasteiger partial charge in [0.2, 0.25) is 11.6 Å². The molecule has 0 saturated carbocycles. The summed E-state index contributed by atoms with van der Waals surface area (Å²) in [5.41, 5.74) is 2.34. The molecule has 9 nitrogen and oxygen atoms in total. The first kappa shape index (κ1) is 20.1. The Balaban J connectivity index is 1.61. The van der Waals surface area contributed by atoms with Gasteiger partial charge < -0.3 is 14.8 Å². The summed E-state index contributed by atoms with van der Waals surface area (Å²) in [4.78, 5) is 29.5. The smallest absolute Gasteiger partial charge is 0.351 e. The van der Waals surface area contributed by atoms with Gasteiger partial charge in [0.15, 0.2) is 0 Å². The predicted molar refractivity (Wildman–Crippen MR) is 115 cm³/mol. The highest BCUT2D eigenvalue weighted by molar-refractivity contribution is 5.92. The van der Waals surface area contributed by atoms with Crippen molar-refractivity contribution in [3.8, 4) is 17.4 Å². The van der Waals surface area contributed by atoms with Crippen molar-refractivity contribution < 1.29 is 14.3 Å². The van der Waals surface area contributed by atoms with E-state index in [9.17, 15) is 9.59 Å². The number of anilines is 1. The maximum atomic E-state index is 12.7. The van der Waals surface area contributed by atoms with Gasteiger partial charge in [-0.05, 0) is 37.1 Å². The minimum absolute atomic E-state index is 0.141. The molecule has 0 spiro atoms. The third kappa shape index (κ3) is 4.11. The van der Waals surface area contributed by atoms with E-state index < -0.39 is 5.69 Å². The number of aromatic nitrogens is 4. The van der Waals surface area contributed by atoms with Crippen LogP contribution in [0.5, 0.6) is 17.4 Å². The van der Waals surface area contributed by atoms with E-state index in [4.69, 9.17) is 9.47 Å². The lowest BCUT2D eigenvalue weighted by Crippen LogP contribution is -2.28. The van der Waals surface area contributed by atoms with E-state index >= 15 is 0 Å². The number of amides is 1. The third-order valence-electron chi connectivity index (χ3n) is 4.76. The van der Waals surface area contributed by atoms with Crippen LogP contribution in [0.2, 0.25) is 0 Å². The highest BCUT2D eigenvalue weighted by atomic mass is 16.5. The highest BCUT2D eigenvalue weighted by Crippen LogP contribution is 2.25. The molecule has 0 bridgehead atoms. The Morgan fingerprint density at radius 2 is 1.81 bits per heavy atom. The first-order valence-corrected chi connectivity index (χ1v) is 9.58. The van der Waals surface area contributed by atoms with Gasteiger partial charge in [-0.2, -0.15) is 0 Å². The number of hydrogen-bond acceptors (Lipinski definition) is 6. The number of hydrogen-bond donors (Lipinski definition) is 1. The molecule has 31 heavy (non-hydrogen) atoms. The molecule has 2 heterocycles. The van der Waals surface area contributed by atoms with E-state index in [0.29, 0.717) is 11.5 Å². The number of methoxy groups -OCH3 is 1. The molecule has 0 radical (unpaired) electrons. The number of carbonyl (C=O) groups is 1. The van der Waals surface area contributed by atoms with Crippen LogP contribution in [0.25, 0.3) is 5.65 Å². The number of fused-ring (bicyclic) bond motifs is 1. The van der Waals surface area contributed by atoms with Gasteiger partial charge in [0, 0.05) is 24.1 Å². The van der Waals surface area contributed by atoms with Crippen LogP contribution in [0.1, 0.15) is 11.1 Å². The summed E-state index contributed by atoms with van der Waals surface area (Å²) in [5.74, 6) is 0.887. The van der Waals surface area contributed by atoms with Crippen molar-refractivity contribution in [2.75, 3.05) is 12.4 Å². The fraction of sp³-hybridized carbons (Fsp3) is 0.182. The molecule has 2 aromatic heterocycles. The zero-order valence-electron chi connectivity index (χ0n) is 17.3. The number of aryl methyl sites for hydroxylation is 2. The number of rotatable bonds is 6. The molecule has 4 rings (SSSR count). The largest absolute Gasteiger partial charge is 0.497 e. The Labute approximate surface area is 177 Å². The van der Waals surface area contributed by atoms with Crippen molar-refractivity contribution in [3.05, 3.63) is 76.5 Å². The average molecular weight is 419 g/mol. The molecule has 2 aromatic carbocycles. The second-order valence-electron chi connectivity index (χ2n) is 6.96. The maximum Gasteiger partial charge on any atom is 0.351 e. The van der Waals surface area contributed by atoms with Crippen LogP contribution in [-0.2, 0) is 11.3 Å². The molecule has 9 heteroatoms. The predicted octanol–water partition coefficient (Wildman–Crippen LogP) is 2.95. The van der Waals surface area contributed by atoms with Crippen LogP contribution in [-0.4, -0.2) is 32.2 Å². The highest BCUT2D eigenvalue weighted by Gasteiger charge is 2.16. The summed E-state index contributed by atoms with van der Waals surface area (Å²) in [5, 5.41) is 7.12. The molecule has 4 aromatic rings. The standard InChI is InChI=1S/C22H21N5O4/c1-14-6-4-7-15(2)19(14)24-18(28)13-27-22(29)26-11-10-23-21(20(26)25-27)31-17-9-5-8-16(12-17)30-3/h4-12H,13H2,1-3H3,(H,24,28). The SMILES string of the molecule is COc1cccc(Oc2nccn3c(=O)n(CC(=O)Nc4c(C)cccc4C)nc23)c1. The van der Waals surface area contributed by atoms with Gasteiger partial charge in [0.1, 0.15) is 18.0 Å². The second-order valence-corrected chi connectivity index (χ2v) is 6.96. The first-order valence-electron chi connectivity index (χ1n) is 9.58. The number of nitrogens with zero attached hydrogens (tertiary/aromatic N) is 4. The zero-order chi connectivity index (χ0) is 22.0. The summed E-state index contributed by atoms with van der Waals surface area (Å²) in [6, 6.07) is 12.7. The maximum absolute atomic E-state index is 12.7. The molecular weight excluding hydrogens is 398 g/mol. The van der Waals surface area contributed by atoms with E-state index in [2.05, 4.69) is 15.4 Å². The topological polar surface area (TPSA) is 99.8 Å². The van der Waals surface area contributed by atoms with E-state index in [1.54, 1.807) is 31.4 Å². The Hall–Kier alpha value is -4.14. The summed E-state index contributed by atoms with van der Waals surface area (Å²) in [7, 11) is 1.56. The minimum Gasteiger partial charge on any atom is -0.497 e. The molecular formula is C22H21N5O4. The Morgan fingerprint density at radius 3 is 2.55 bits per heavy atom. The zero-order valence-corrected chi connectivity index (χ0v) is 17.3. The van der Waals surface area contributed by atoms with E-state index in [1.807, 2.05) is 32.0 Å². The van der Waals surface area contributed by atoms with Gasteiger partial charge >= 0.3 is 5.69 Å². The summed E-state index contributed by atoms with van der Waals surface area (Å²) in [6.07, 6.45) is 2.91. The van der Waals surface area contributed by atoms with Gasteiger partial charge in [-0.25, -0.2) is 18.9 Å². The van der Waals surface area contributed by atoms with Crippen molar-refractivity contribution in [1.82, 2.24) is 19.2 Å². The van der Waals surface area contributed by atoms with Crippen molar-refractivity contribution in [2.24, 2.45) is 0 Å². The molecule has 1 N–H and O–H groups in total. The minimum atomic E-state index is -0.468. The van der Waals surface area contributed by atoms with Crippen LogP contribution in [0.4, 0.5) is 5.69 Å². The number of nitrogens with one attached hydrogen (secondary N) is 1. The number of ether oxygens (including phenoxy) is 2. The van der Waals surface area contributed by atoms with Crippen molar-refractivity contribution in [1.29, 1.82) is 0 Å². The lowest BCUT2D eigenvalue weighted by atomic mass is 10.1. The van der Waals surface area contributed by atoms with Gasteiger partial charge in [0.25, 0.3) is 5.88 Å². The molecule has 0 aliphatic heterocycles. The van der Waals surface area contributed by atoms with Crippen molar-refractivity contribution >= 4 is 17.2 Å². The number of para-hydroxylation sites is 1. The molecule has 1 amide bonds. The van der Waals surface area contributed by atoms with E-state index in [-0.39, 0.29) is 24.0 Å². The van der Waals surface area contributed by atoms with Crippen LogP contribution in [0.15, 0.2) is 59.7 Å². The Kier molecular flexibility index (Phi) is 5.40. The first-order chi connectivity index (χ1) is 15.0. The monoisotopic (exact) mass is 419 g/mol. The lowest BCUT2D eigenvalue weighted by Gasteiger charge is -2.11. The fourth-order valence-corrected chi connectivity index (χ4v) is 3.20. The van der Waals surface area contributed by atoms with Gasteiger partial charge in [-0.3, -0.25) is 4.79 Å². The molecule has 0 unspecified atom stereocenters. The average Bonchev–Trinajstić information content (AvgIpc) is 3.07. The van der Waals surface area contributed by atoms with Crippen LogP contribution in [0, 0.1) is 13.8 Å². The molecule has 0 saturated heterocycles. The Bertz CT molecular complexity index is 1300. The molecule has 0 aliphatic carbocycles. The van der Waals surface area contributed by atoms with Gasteiger partial charge in [0.05, 0.1) is 7.11 Å². The van der Waals surface area contributed by atoms with Crippen LogP contribution in [0.3, 0.4) is 0 Å². The molecule has 0 fully saturated rings. The van der Waals surface area contributed by atoms with Crippen LogP contribution < -0.4 is 20.5 Å². The summed E-state index contributed by atoms with van der Waals surface area (Å²) in [6.45, 7) is 3.58. The fourth-order valence-electron chi connectivity index (χ4n) is 3.20. The summed E-state index contributed by atoms with van der Waals surface area (Å²) < 4.78 is 13.4. The third-order valence-corrected chi connectivity index (χ3v) is 4.76. The number of benzene rings is 2. The van der Waals surface area contributed by atoms with E-state index in [0.717, 1.165) is 21.5 Å². The normalized spacial score (nSPS) is 10.8. The van der Waals surface area contributed by atoms with Crippen molar-refractivity contribution in [3.63, 3.8) is 0 Å². The van der Waals surface area contributed by atoms with Gasteiger partial charge in [-0.1, -0.05) is 24.3 Å². The quantitative estimate of drug-likeness (QED) is 0.516. The van der Waals surface area contributed by atoms with Crippen molar-refractivity contribution in [2.45, 2.75) is 20.4 Å². The second kappa shape index (κ2) is 8.31. The lowest BCUT2D eigenvalue weighted by molar-refractivity contribution is -0.117.